The van der Waals surface area contributed by atoms with Gasteiger partial charge in [0, 0.05) is 12.8 Å². The van der Waals surface area contributed by atoms with Crippen molar-refractivity contribution in [3.63, 3.8) is 0 Å². The molecule has 1 unspecified atom stereocenters. The van der Waals surface area contributed by atoms with Gasteiger partial charge in [0.1, 0.15) is 12.0 Å². The minimum Gasteiger partial charge on any atom is -0.247 e. The highest BCUT2D eigenvalue weighted by Gasteiger charge is 2.28. The molecule has 74 valence electrons. The number of hydrogen-bond donors (Lipinski definition) is 0. The van der Waals surface area contributed by atoms with Crippen LogP contribution in [0, 0.1) is 5.82 Å². The summed E-state index contributed by atoms with van der Waals surface area (Å²) in [7, 11) is 0. The second kappa shape index (κ2) is 2.78. The Hall–Kier alpha value is -0.920. The van der Waals surface area contributed by atoms with Crippen LogP contribution in [-0.2, 0) is 25.7 Å². The van der Waals surface area contributed by atoms with Crippen molar-refractivity contribution < 1.29 is 8.78 Å². The molecule has 0 N–H and O–H groups in total. The van der Waals surface area contributed by atoms with E-state index in [9.17, 15) is 8.78 Å². The Bertz CT molecular complexity index is 396. The molecule has 2 heteroatoms. The average Bonchev–Trinajstić information content (AvgIpc) is 2.71. The third kappa shape index (κ3) is 1.03. The van der Waals surface area contributed by atoms with Gasteiger partial charge in [-0.25, -0.2) is 8.78 Å². The van der Waals surface area contributed by atoms with E-state index in [2.05, 4.69) is 0 Å². The van der Waals surface area contributed by atoms with Crippen LogP contribution in [0.15, 0.2) is 6.07 Å². The van der Waals surface area contributed by atoms with E-state index < -0.39 is 6.17 Å². The van der Waals surface area contributed by atoms with E-state index in [-0.39, 0.29) is 12.2 Å². The summed E-state index contributed by atoms with van der Waals surface area (Å²) in [6, 6.07) is 2.03. The van der Waals surface area contributed by atoms with Gasteiger partial charge in [-0.1, -0.05) is 6.07 Å². The van der Waals surface area contributed by atoms with Crippen molar-refractivity contribution in [1.29, 1.82) is 0 Å². The molecule has 3 rings (SSSR count). The summed E-state index contributed by atoms with van der Waals surface area (Å²) in [4.78, 5) is 0. The van der Waals surface area contributed by atoms with Gasteiger partial charge < -0.3 is 0 Å². The van der Waals surface area contributed by atoms with E-state index in [1.165, 1.54) is 0 Å². The number of benzene rings is 1. The Labute approximate surface area is 81.9 Å². The van der Waals surface area contributed by atoms with E-state index in [0.29, 0.717) is 12.0 Å². The molecule has 0 aliphatic heterocycles. The van der Waals surface area contributed by atoms with Crippen LogP contribution in [0.3, 0.4) is 0 Å². The normalized spacial score (nSPS) is 23.7. The Morgan fingerprint density at radius 3 is 2.79 bits per heavy atom. The van der Waals surface area contributed by atoms with Gasteiger partial charge in [0.2, 0.25) is 0 Å². The van der Waals surface area contributed by atoms with Crippen molar-refractivity contribution in [3.05, 3.63) is 34.1 Å². The van der Waals surface area contributed by atoms with Gasteiger partial charge in [-0.05, 0) is 41.5 Å². The minimum absolute atomic E-state index is 0.102. The van der Waals surface area contributed by atoms with Crippen LogP contribution in [0.1, 0.15) is 28.7 Å². The summed E-state index contributed by atoms with van der Waals surface area (Å²) in [5.74, 6) is -0.102. The van der Waals surface area contributed by atoms with E-state index in [1.807, 2.05) is 6.07 Å². The van der Waals surface area contributed by atoms with E-state index in [0.717, 1.165) is 36.0 Å². The Kier molecular flexibility index (Phi) is 1.67. The molecule has 0 fully saturated rings. The zero-order chi connectivity index (χ0) is 9.71. The van der Waals surface area contributed by atoms with Crippen molar-refractivity contribution in [2.45, 2.75) is 38.3 Å². The summed E-state index contributed by atoms with van der Waals surface area (Å²) in [6.45, 7) is 0. The summed E-state index contributed by atoms with van der Waals surface area (Å²) in [5.41, 5.74) is 3.54. The fraction of sp³-hybridized carbons (Fsp3) is 0.500. The summed E-state index contributed by atoms with van der Waals surface area (Å²) >= 11 is 0. The second-order valence-corrected chi connectivity index (χ2v) is 4.32. The highest BCUT2D eigenvalue weighted by Crippen LogP contribution is 2.34. The molecule has 1 atom stereocenters. The van der Waals surface area contributed by atoms with E-state index in [4.69, 9.17) is 0 Å². The molecule has 2 aliphatic rings. The standard InChI is InChI=1S/C12H12F2/c13-9-5-8-4-7-2-1-3-10(7)12(14)11(8)6-9/h4,9H,1-3,5-6H2. The lowest BCUT2D eigenvalue weighted by atomic mass is 10.0. The molecule has 0 amide bonds. The fourth-order valence-corrected chi connectivity index (χ4v) is 2.73. The molecule has 2 aliphatic carbocycles. The third-order valence-electron chi connectivity index (χ3n) is 3.39. The number of halogens is 2. The van der Waals surface area contributed by atoms with Crippen molar-refractivity contribution in [2.75, 3.05) is 0 Å². The first-order valence-electron chi connectivity index (χ1n) is 5.22. The molecule has 0 spiro atoms. The highest BCUT2D eigenvalue weighted by atomic mass is 19.1. The van der Waals surface area contributed by atoms with E-state index in [1.54, 1.807) is 0 Å². The molecule has 0 bridgehead atoms. The number of fused-ring (bicyclic) bond motifs is 2. The van der Waals surface area contributed by atoms with Gasteiger partial charge in [0.15, 0.2) is 0 Å². The van der Waals surface area contributed by atoms with Crippen LogP contribution in [0.5, 0.6) is 0 Å². The molecule has 0 saturated carbocycles. The quantitative estimate of drug-likeness (QED) is 0.595. The van der Waals surface area contributed by atoms with E-state index >= 15 is 0 Å². The largest absolute Gasteiger partial charge is 0.247 e. The maximum atomic E-state index is 13.9. The number of aryl methyl sites for hydroxylation is 1. The first-order valence-corrected chi connectivity index (χ1v) is 5.22. The van der Waals surface area contributed by atoms with Gasteiger partial charge >= 0.3 is 0 Å². The molecule has 0 radical (unpaired) electrons. The lowest BCUT2D eigenvalue weighted by molar-refractivity contribution is 0.347. The van der Waals surface area contributed by atoms with Crippen LogP contribution < -0.4 is 0 Å². The minimum atomic E-state index is -0.859. The maximum Gasteiger partial charge on any atom is 0.130 e. The van der Waals surface area contributed by atoms with Crippen LogP contribution in [0.2, 0.25) is 0 Å². The number of rotatable bonds is 0. The number of hydrogen-bond acceptors (Lipinski definition) is 0. The van der Waals surface area contributed by atoms with Gasteiger partial charge in [0.25, 0.3) is 0 Å². The monoisotopic (exact) mass is 194 g/mol. The number of alkyl halides is 1. The predicted molar refractivity (Wildman–Crippen MR) is 50.7 cm³/mol. The molecule has 1 aromatic rings. The molecule has 0 heterocycles. The van der Waals surface area contributed by atoms with Gasteiger partial charge in [-0.15, -0.1) is 0 Å². The maximum absolute atomic E-state index is 13.9. The van der Waals surface area contributed by atoms with Crippen molar-refractivity contribution in [1.82, 2.24) is 0 Å². The Morgan fingerprint density at radius 1 is 1.07 bits per heavy atom. The van der Waals surface area contributed by atoms with Crippen LogP contribution in [0.4, 0.5) is 8.78 Å². The highest BCUT2D eigenvalue weighted by molar-refractivity contribution is 5.45. The van der Waals surface area contributed by atoms with Crippen LogP contribution >= 0.6 is 0 Å². The molecular weight excluding hydrogens is 182 g/mol. The summed E-state index contributed by atoms with van der Waals surface area (Å²) in [6.07, 6.45) is 2.70. The molecule has 1 aromatic carbocycles. The second-order valence-electron chi connectivity index (χ2n) is 4.32. The lowest BCUT2D eigenvalue weighted by Crippen LogP contribution is -1.98. The van der Waals surface area contributed by atoms with Crippen molar-refractivity contribution in [2.24, 2.45) is 0 Å². The molecule has 14 heavy (non-hydrogen) atoms. The van der Waals surface area contributed by atoms with Gasteiger partial charge in [-0.3, -0.25) is 0 Å². The first-order chi connectivity index (χ1) is 6.75. The topological polar surface area (TPSA) is 0 Å². The van der Waals surface area contributed by atoms with Crippen LogP contribution in [0.25, 0.3) is 0 Å². The first kappa shape index (κ1) is 8.39. The van der Waals surface area contributed by atoms with Crippen molar-refractivity contribution in [3.8, 4) is 0 Å². The fourth-order valence-electron chi connectivity index (χ4n) is 2.73. The van der Waals surface area contributed by atoms with Crippen molar-refractivity contribution >= 4 is 0 Å². The lowest BCUT2D eigenvalue weighted by Gasteiger charge is -2.06. The molecule has 0 nitrogen and oxygen atoms in total. The third-order valence-corrected chi connectivity index (χ3v) is 3.39. The SMILES string of the molecule is Fc1c2c(cc3c1CC(F)C3)CCC2. The average molecular weight is 194 g/mol. The molecular formula is C12H12F2. The molecule has 0 saturated heterocycles. The molecule has 0 aromatic heterocycles. The smallest absolute Gasteiger partial charge is 0.130 e. The zero-order valence-electron chi connectivity index (χ0n) is 7.95. The Morgan fingerprint density at radius 2 is 1.93 bits per heavy atom. The van der Waals surface area contributed by atoms with Gasteiger partial charge in [-0.2, -0.15) is 0 Å². The van der Waals surface area contributed by atoms with Crippen LogP contribution in [-0.4, -0.2) is 6.17 Å². The summed E-state index contributed by atoms with van der Waals surface area (Å²) < 4.78 is 27.0. The predicted octanol–water partition coefficient (Wildman–Crippen LogP) is 2.75. The Balaban J connectivity index is 2.19. The van der Waals surface area contributed by atoms with Gasteiger partial charge in [0.05, 0.1) is 0 Å². The zero-order valence-corrected chi connectivity index (χ0v) is 7.95. The summed E-state index contributed by atoms with van der Waals surface area (Å²) in [5, 5.41) is 0.